The molecule has 0 N–H and O–H groups in total. The Morgan fingerprint density at radius 1 is 1.11 bits per heavy atom. The zero-order chi connectivity index (χ0) is 13.0. The van der Waals surface area contributed by atoms with Crippen LogP contribution in [0.2, 0.25) is 0 Å². The maximum atomic E-state index is 11.0. The molecule has 18 heavy (non-hydrogen) atoms. The molecule has 0 aliphatic heterocycles. The third-order valence-corrected chi connectivity index (χ3v) is 4.45. The van der Waals surface area contributed by atoms with E-state index in [0.29, 0.717) is 13.0 Å². The third kappa shape index (κ3) is 4.27. The van der Waals surface area contributed by atoms with E-state index in [1.54, 1.807) is 0 Å². The molecule has 0 radical (unpaired) electrons. The van der Waals surface area contributed by atoms with Crippen LogP contribution >= 0.6 is 0 Å². The predicted octanol–water partition coefficient (Wildman–Crippen LogP) is 3.72. The van der Waals surface area contributed by atoms with Crippen LogP contribution in [-0.4, -0.2) is 12.6 Å². The van der Waals surface area contributed by atoms with Crippen LogP contribution in [0.25, 0.3) is 0 Å². The van der Waals surface area contributed by atoms with Gasteiger partial charge < -0.3 is 0 Å². The number of hydrogen-bond donors (Lipinski definition) is 0. The molecule has 2 aliphatic carbocycles. The third-order valence-electron chi connectivity index (χ3n) is 4.45. The zero-order valence-electron chi connectivity index (χ0n) is 11.7. The van der Waals surface area contributed by atoms with Crippen molar-refractivity contribution in [1.29, 1.82) is 0 Å². The smallest absolute Gasteiger partial charge is 0.298 e. The van der Waals surface area contributed by atoms with Crippen LogP contribution in [0.4, 0.5) is 0 Å². The summed E-state index contributed by atoms with van der Waals surface area (Å²) in [6.07, 6.45) is 7.92. The van der Waals surface area contributed by atoms with Gasteiger partial charge in [-0.1, -0.05) is 20.3 Å². The molecule has 0 saturated heterocycles. The Kier molecular flexibility index (Phi) is 5.04. The van der Waals surface area contributed by atoms with E-state index in [9.17, 15) is 4.79 Å². The fraction of sp³-hybridized carbons (Fsp3) is 0.933. The molecule has 2 rings (SSSR count). The van der Waals surface area contributed by atoms with Gasteiger partial charge in [-0.05, 0) is 55.8 Å². The van der Waals surface area contributed by atoms with E-state index in [0.717, 1.165) is 36.5 Å². The van der Waals surface area contributed by atoms with Gasteiger partial charge in [0.25, 0.3) is 0 Å². The molecule has 4 unspecified atom stereocenters. The molecule has 2 fully saturated rings. The topological polar surface area (TPSA) is 35.5 Å². The highest BCUT2D eigenvalue weighted by Crippen LogP contribution is 2.53. The Bertz CT molecular complexity index is 277. The van der Waals surface area contributed by atoms with Gasteiger partial charge in [0.05, 0.1) is 6.61 Å². The van der Waals surface area contributed by atoms with Crippen molar-refractivity contribution in [3.05, 3.63) is 0 Å². The lowest BCUT2D eigenvalue weighted by atomic mass is 10.1. The summed E-state index contributed by atoms with van der Waals surface area (Å²) < 4.78 is 0. The van der Waals surface area contributed by atoms with Gasteiger partial charge in [0.2, 0.25) is 0 Å². The fourth-order valence-corrected chi connectivity index (χ4v) is 2.99. The molecule has 3 nitrogen and oxygen atoms in total. The molecule has 0 amide bonds. The minimum atomic E-state index is -0.242. The molecule has 3 heteroatoms. The Morgan fingerprint density at radius 3 is 2.50 bits per heavy atom. The van der Waals surface area contributed by atoms with Crippen molar-refractivity contribution in [2.75, 3.05) is 6.61 Å². The van der Waals surface area contributed by atoms with E-state index in [2.05, 4.69) is 11.8 Å². The lowest BCUT2D eigenvalue weighted by Crippen LogP contribution is -2.06. The summed E-state index contributed by atoms with van der Waals surface area (Å²) >= 11 is 0. The fourth-order valence-electron chi connectivity index (χ4n) is 2.99. The van der Waals surface area contributed by atoms with Crippen molar-refractivity contribution in [2.24, 2.45) is 23.7 Å². The standard InChI is InChI=1S/C15H26O3/c1-3-5-15(16)18-17-7-6-12-9-14(12)10-13-8-11(13)4-2/h11-14H,3-10H2,1-2H3. The lowest BCUT2D eigenvalue weighted by molar-refractivity contribution is -0.273. The Hall–Kier alpha value is -0.570. The van der Waals surface area contributed by atoms with Gasteiger partial charge in [-0.3, -0.25) is 4.89 Å². The van der Waals surface area contributed by atoms with Crippen LogP contribution in [-0.2, 0) is 14.6 Å². The molecule has 0 bridgehead atoms. The van der Waals surface area contributed by atoms with Gasteiger partial charge >= 0.3 is 5.97 Å². The van der Waals surface area contributed by atoms with Gasteiger partial charge in [0.1, 0.15) is 0 Å². The first-order chi connectivity index (χ1) is 8.74. The molecule has 0 heterocycles. The van der Waals surface area contributed by atoms with Gasteiger partial charge in [-0.25, -0.2) is 4.79 Å². The minimum absolute atomic E-state index is 0.242. The van der Waals surface area contributed by atoms with Gasteiger partial charge in [0.15, 0.2) is 0 Å². The highest BCUT2D eigenvalue weighted by molar-refractivity contribution is 5.68. The van der Waals surface area contributed by atoms with Crippen LogP contribution in [0.1, 0.15) is 58.8 Å². The average Bonchev–Trinajstić information content (AvgIpc) is 3.24. The van der Waals surface area contributed by atoms with E-state index in [4.69, 9.17) is 4.89 Å². The maximum absolute atomic E-state index is 11.0. The molecule has 0 aromatic carbocycles. The van der Waals surface area contributed by atoms with Crippen molar-refractivity contribution in [3.8, 4) is 0 Å². The maximum Gasteiger partial charge on any atom is 0.342 e. The Balaban J connectivity index is 1.44. The second-order valence-electron chi connectivity index (χ2n) is 5.97. The molecule has 0 spiro atoms. The number of carbonyl (C=O) groups is 1. The average molecular weight is 254 g/mol. The largest absolute Gasteiger partial charge is 0.342 e. The van der Waals surface area contributed by atoms with Crippen LogP contribution in [0.3, 0.4) is 0 Å². The molecule has 2 aliphatic rings. The highest BCUT2D eigenvalue weighted by Gasteiger charge is 2.44. The van der Waals surface area contributed by atoms with E-state index < -0.39 is 0 Å². The monoisotopic (exact) mass is 254 g/mol. The zero-order valence-corrected chi connectivity index (χ0v) is 11.7. The van der Waals surface area contributed by atoms with Crippen LogP contribution < -0.4 is 0 Å². The van der Waals surface area contributed by atoms with E-state index in [-0.39, 0.29) is 5.97 Å². The van der Waals surface area contributed by atoms with Crippen molar-refractivity contribution in [1.82, 2.24) is 0 Å². The normalized spacial score (nSPS) is 33.2. The second kappa shape index (κ2) is 6.55. The second-order valence-corrected chi connectivity index (χ2v) is 5.97. The van der Waals surface area contributed by atoms with Crippen molar-refractivity contribution >= 4 is 5.97 Å². The summed E-state index contributed by atoms with van der Waals surface area (Å²) in [4.78, 5) is 20.7. The number of rotatable bonds is 9. The first kappa shape index (κ1) is 13.9. The Morgan fingerprint density at radius 2 is 1.83 bits per heavy atom. The van der Waals surface area contributed by atoms with Crippen molar-refractivity contribution < 1.29 is 14.6 Å². The molecule has 0 aromatic rings. The Labute approximate surface area is 110 Å². The van der Waals surface area contributed by atoms with Gasteiger partial charge in [-0.2, -0.15) is 4.89 Å². The van der Waals surface area contributed by atoms with Crippen molar-refractivity contribution in [2.45, 2.75) is 58.8 Å². The molecular weight excluding hydrogens is 228 g/mol. The first-order valence-corrected chi connectivity index (χ1v) is 7.56. The van der Waals surface area contributed by atoms with E-state index in [1.165, 1.54) is 25.7 Å². The van der Waals surface area contributed by atoms with Gasteiger partial charge in [-0.15, -0.1) is 0 Å². The summed E-state index contributed by atoms with van der Waals surface area (Å²) in [5.74, 6) is 3.56. The highest BCUT2D eigenvalue weighted by atomic mass is 17.2. The summed E-state index contributed by atoms with van der Waals surface area (Å²) in [6, 6.07) is 0. The minimum Gasteiger partial charge on any atom is -0.298 e. The number of hydrogen-bond acceptors (Lipinski definition) is 3. The van der Waals surface area contributed by atoms with Crippen LogP contribution in [0.5, 0.6) is 0 Å². The molecule has 2 saturated carbocycles. The lowest BCUT2D eigenvalue weighted by Gasteiger charge is -2.03. The van der Waals surface area contributed by atoms with Crippen molar-refractivity contribution in [3.63, 3.8) is 0 Å². The first-order valence-electron chi connectivity index (χ1n) is 7.56. The number of carbonyl (C=O) groups excluding carboxylic acids is 1. The molecule has 0 aromatic heterocycles. The van der Waals surface area contributed by atoms with Crippen LogP contribution in [0.15, 0.2) is 0 Å². The van der Waals surface area contributed by atoms with Crippen LogP contribution in [0, 0.1) is 23.7 Å². The summed E-state index contributed by atoms with van der Waals surface area (Å²) in [7, 11) is 0. The van der Waals surface area contributed by atoms with E-state index in [1.807, 2.05) is 6.92 Å². The summed E-state index contributed by atoms with van der Waals surface area (Å²) in [5.41, 5.74) is 0. The quantitative estimate of drug-likeness (QED) is 0.357. The van der Waals surface area contributed by atoms with E-state index >= 15 is 0 Å². The summed E-state index contributed by atoms with van der Waals surface area (Å²) in [6.45, 7) is 4.82. The molecular formula is C15H26O3. The molecule has 104 valence electrons. The van der Waals surface area contributed by atoms with Gasteiger partial charge in [0, 0.05) is 6.42 Å². The predicted molar refractivity (Wildman–Crippen MR) is 69.7 cm³/mol. The SMILES string of the molecule is CCCC(=O)OOCCC1CC1CC1CC1CC. The summed E-state index contributed by atoms with van der Waals surface area (Å²) in [5, 5.41) is 0. The molecule has 4 atom stereocenters.